The molecule has 0 saturated carbocycles. The molecular formula is C16H25NO3. The summed E-state index contributed by atoms with van der Waals surface area (Å²) < 4.78 is 5.10. The second-order valence-corrected chi connectivity index (χ2v) is 5.13. The van der Waals surface area contributed by atoms with Gasteiger partial charge in [-0.2, -0.15) is 0 Å². The molecular weight excluding hydrogens is 254 g/mol. The first kappa shape index (κ1) is 16.7. The number of carbonyl (C=O) groups is 1. The van der Waals surface area contributed by atoms with Gasteiger partial charge in [0, 0.05) is 12.0 Å². The third-order valence-electron chi connectivity index (χ3n) is 3.56. The lowest BCUT2D eigenvalue weighted by atomic mass is 9.95. The Bertz CT molecular complexity index is 405. The van der Waals surface area contributed by atoms with Crippen molar-refractivity contribution in [2.75, 3.05) is 6.61 Å². The zero-order valence-electron chi connectivity index (χ0n) is 12.7. The molecule has 2 N–H and O–H groups in total. The van der Waals surface area contributed by atoms with Crippen molar-refractivity contribution in [3.05, 3.63) is 35.9 Å². The zero-order valence-corrected chi connectivity index (χ0v) is 12.7. The summed E-state index contributed by atoms with van der Waals surface area (Å²) in [4.78, 5) is 12.1. The molecule has 0 bridgehead atoms. The van der Waals surface area contributed by atoms with Crippen LogP contribution in [0, 0.1) is 5.92 Å². The highest BCUT2D eigenvalue weighted by Crippen LogP contribution is 2.17. The lowest BCUT2D eigenvalue weighted by Gasteiger charge is -2.28. The van der Waals surface area contributed by atoms with Crippen molar-refractivity contribution in [1.82, 2.24) is 5.32 Å². The SMILES string of the molecule is CCOC(=O)[C@@H](NC(C)c1ccccc1)[C@@H](C)[C@H](C)O. The van der Waals surface area contributed by atoms with Gasteiger partial charge in [0.15, 0.2) is 0 Å². The van der Waals surface area contributed by atoms with E-state index in [9.17, 15) is 9.90 Å². The number of carbonyl (C=O) groups excluding carboxylic acids is 1. The minimum atomic E-state index is -0.583. The molecule has 4 atom stereocenters. The number of hydrogen-bond acceptors (Lipinski definition) is 4. The Morgan fingerprint density at radius 2 is 1.85 bits per heavy atom. The standard InChI is InChI=1S/C16H25NO3/c1-5-20-16(19)15(11(2)13(4)18)17-12(3)14-9-7-6-8-10-14/h6-13,15,17-18H,5H2,1-4H3/t11-,12?,13-,15-/m0/s1. The van der Waals surface area contributed by atoms with Gasteiger partial charge in [-0.1, -0.05) is 37.3 Å². The molecule has 1 aromatic carbocycles. The lowest BCUT2D eigenvalue weighted by Crippen LogP contribution is -2.47. The van der Waals surface area contributed by atoms with Gasteiger partial charge in [0.2, 0.25) is 0 Å². The van der Waals surface area contributed by atoms with Crippen LogP contribution in [-0.2, 0) is 9.53 Å². The molecule has 1 unspecified atom stereocenters. The van der Waals surface area contributed by atoms with E-state index in [0.717, 1.165) is 5.56 Å². The number of nitrogens with one attached hydrogen (secondary N) is 1. The molecule has 4 heteroatoms. The Hall–Kier alpha value is -1.39. The van der Waals surface area contributed by atoms with Crippen LogP contribution >= 0.6 is 0 Å². The third-order valence-corrected chi connectivity index (χ3v) is 3.56. The first-order chi connectivity index (χ1) is 9.47. The van der Waals surface area contributed by atoms with Crippen LogP contribution in [0.5, 0.6) is 0 Å². The molecule has 1 rings (SSSR count). The molecule has 0 aliphatic heterocycles. The van der Waals surface area contributed by atoms with Gasteiger partial charge in [-0.15, -0.1) is 0 Å². The summed E-state index contributed by atoms with van der Waals surface area (Å²) in [7, 11) is 0. The van der Waals surface area contributed by atoms with Crippen molar-refractivity contribution in [2.24, 2.45) is 5.92 Å². The number of benzene rings is 1. The number of esters is 1. The summed E-state index contributed by atoms with van der Waals surface area (Å²) >= 11 is 0. The topological polar surface area (TPSA) is 58.6 Å². The Morgan fingerprint density at radius 3 is 2.35 bits per heavy atom. The number of ether oxygens (including phenoxy) is 1. The normalized spacial score (nSPS) is 17.1. The molecule has 0 saturated heterocycles. The summed E-state index contributed by atoms with van der Waals surface area (Å²) in [5.41, 5.74) is 1.10. The number of aliphatic hydroxyl groups excluding tert-OH is 1. The van der Waals surface area contributed by atoms with Gasteiger partial charge in [0.1, 0.15) is 6.04 Å². The van der Waals surface area contributed by atoms with Gasteiger partial charge >= 0.3 is 5.97 Å². The van der Waals surface area contributed by atoms with Gasteiger partial charge in [-0.25, -0.2) is 0 Å². The fraction of sp³-hybridized carbons (Fsp3) is 0.562. The maximum Gasteiger partial charge on any atom is 0.323 e. The summed E-state index contributed by atoms with van der Waals surface area (Å²) in [6, 6.07) is 9.38. The summed E-state index contributed by atoms with van der Waals surface area (Å²) in [5, 5.41) is 13.0. The van der Waals surface area contributed by atoms with Gasteiger partial charge in [-0.3, -0.25) is 10.1 Å². The minimum Gasteiger partial charge on any atom is -0.465 e. The van der Waals surface area contributed by atoms with Gasteiger partial charge in [-0.05, 0) is 26.3 Å². The number of hydrogen-bond donors (Lipinski definition) is 2. The van der Waals surface area contributed by atoms with Crippen LogP contribution in [0.3, 0.4) is 0 Å². The third kappa shape index (κ3) is 4.62. The number of rotatable bonds is 7. The van der Waals surface area contributed by atoms with Crippen molar-refractivity contribution < 1.29 is 14.6 Å². The Labute approximate surface area is 121 Å². The van der Waals surface area contributed by atoms with E-state index in [1.165, 1.54) is 0 Å². The zero-order chi connectivity index (χ0) is 15.1. The Kier molecular flexibility index (Phi) is 6.68. The molecule has 0 aliphatic rings. The lowest BCUT2D eigenvalue weighted by molar-refractivity contribution is -0.148. The first-order valence-electron chi connectivity index (χ1n) is 7.13. The summed E-state index contributed by atoms with van der Waals surface area (Å²) in [6.45, 7) is 7.64. The maximum atomic E-state index is 12.1. The van der Waals surface area contributed by atoms with Crippen molar-refractivity contribution in [3.63, 3.8) is 0 Å². The molecule has 4 nitrogen and oxygen atoms in total. The molecule has 112 valence electrons. The molecule has 0 spiro atoms. The Morgan fingerprint density at radius 1 is 1.25 bits per heavy atom. The quantitative estimate of drug-likeness (QED) is 0.752. The van der Waals surface area contributed by atoms with Crippen LogP contribution < -0.4 is 5.32 Å². The average molecular weight is 279 g/mol. The van der Waals surface area contributed by atoms with Crippen molar-refractivity contribution in [2.45, 2.75) is 45.9 Å². The smallest absolute Gasteiger partial charge is 0.323 e. The molecule has 0 fully saturated rings. The second kappa shape index (κ2) is 8.02. The van der Waals surface area contributed by atoms with E-state index in [-0.39, 0.29) is 17.9 Å². The molecule has 0 aliphatic carbocycles. The summed E-state index contributed by atoms with van der Waals surface area (Å²) in [5.74, 6) is -0.538. The van der Waals surface area contributed by atoms with E-state index in [1.54, 1.807) is 13.8 Å². The van der Waals surface area contributed by atoms with E-state index >= 15 is 0 Å². The predicted octanol–water partition coefficient (Wildman–Crippen LogP) is 2.29. The predicted molar refractivity (Wildman–Crippen MR) is 79.3 cm³/mol. The monoisotopic (exact) mass is 279 g/mol. The largest absolute Gasteiger partial charge is 0.465 e. The van der Waals surface area contributed by atoms with Crippen LogP contribution in [0.1, 0.15) is 39.3 Å². The molecule has 0 heterocycles. The fourth-order valence-electron chi connectivity index (χ4n) is 2.05. The maximum absolute atomic E-state index is 12.1. The van der Waals surface area contributed by atoms with E-state index in [2.05, 4.69) is 5.32 Å². The van der Waals surface area contributed by atoms with E-state index in [1.807, 2.05) is 44.2 Å². The molecule has 0 radical (unpaired) electrons. The average Bonchev–Trinajstić information content (AvgIpc) is 2.44. The van der Waals surface area contributed by atoms with Crippen molar-refractivity contribution in [3.8, 4) is 0 Å². The molecule has 1 aromatic rings. The fourth-order valence-corrected chi connectivity index (χ4v) is 2.05. The highest BCUT2D eigenvalue weighted by molar-refractivity contribution is 5.76. The van der Waals surface area contributed by atoms with Crippen LogP contribution in [0.15, 0.2) is 30.3 Å². The van der Waals surface area contributed by atoms with Crippen molar-refractivity contribution >= 4 is 5.97 Å². The Balaban J connectivity index is 2.81. The van der Waals surface area contributed by atoms with Gasteiger partial charge < -0.3 is 9.84 Å². The number of aliphatic hydroxyl groups is 1. The molecule has 0 amide bonds. The van der Waals surface area contributed by atoms with Crippen LogP contribution in [-0.4, -0.2) is 29.8 Å². The van der Waals surface area contributed by atoms with Crippen LogP contribution in [0.4, 0.5) is 0 Å². The van der Waals surface area contributed by atoms with E-state index in [4.69, 9.17) is 4.74 Å². The minimum absolute atomic E-state index is 0.00630. The van der Waals surface area contributed by atoms with Gasteiger partial charge in [0.05, 0.1) is 12.7 Å². The van der Waals surface area contributed by atoms with E-state index in [0.29, 0.717) is 6.61 Å². The van der Waals surface area contributed by atoms with Gasteiger partial charge in [0.25, 0.3) is 0 Å². The van der Waals surface area contributed by atoms with Crippen LogP contribution in [0.2, 0.25) is 0 Å². The van der Waals surface area contributed by atoms with Crippen molar-refractivity contribution in [1.29, 1.82) is 0 Å². The molecule has 20 heavy (non-hydrogen) atoms. The molecule has 0 aromatic heterocycles. The van der Waals surface area contributed by atoms with E-state index < -0.39 is 12.1 Å². The highest BCUT2D eigenvalue weighted by atomic mass is 16.5. The first-order valence-corrected chi connectivity index (χ1v) is 7.13. The second-order valence-electron chi connectivity index (χ2n) is 5.13. The van der Waals surface area contributed by atoms with Crippen LogP contribution in [0.25, 0.3) is 0 Å². The summed E-state index contributed by atoms with van der Waals surface area (Å²) in [6.07, 6.45) is -0.583. The highest BCUT2D eigenvalue weighted by Gasteiger charge is 2.30.